The zero-order chi connectivity index (χ0) is 21.0. The summed E-state index contributed by atoms with van der Waals surface area (Å²) in [6, 6.07) is 4.98. The maximum atomic E-state index is 12.6. The Kier molecular flexibility index (Phi) is 6.68. The molecule has 9 nitrogen and oxygen atoms in total. The number of benzene rings is 1. The van der Waals surface area contributed by atoms with E-state index in [4.69, 9.17) is 13.9 Å². The monoisotopic (exact) mass is 441 g/mol. The molecule has 0 saturated carbocycles. The first-order valence-electron chi connectivity index (χ1n) is 9.05. The summed E-state index contributed by atoms with van der Waals surface area (Å²) >= 11 is 1.13. The zero-order valence-corrected chi connectivity index (χ0v) is 18.1. The van der Waals surface area contributed by atoms with Crippen molar-refractivity contribution in [3.63, 3.8) is 0 Å². The maximum Gasteiger partial charge on any atom is 0.277 e. The summed E-state index contributed by atoms with van der Waals surface area (Å²) in [6.45, 7) is 2.30. The van der Waals surface area contributed by atoms with E-state index in [1.54, 1.807) is 30.2 Å². The van der Waals surface area contributed by atoms with Gasteiger partial charge < -0.3 is 18.8 Å². The first-order chi connectivity index (χ1) is 13.9. The molecular formula is C18H23N3O6S2. The topological polar surface area (TPSA) is 112 Å². The number of ether oxygens (including phenoxy) is 2. The van der Waals surface area contributed by atoms with Gasteiger partial charge in [-0.25, -0.2) is 8.42 Å². The van der Waals surface area contributed by atoms with Gasteiger partial charge in [0, 0.05) is 18.2 Å². The highest BCUT2D eigenvalue weighted by atomic mass is 32.2. The van der Waals surface area contributed by atoms with Crippen molar-refractivity contribution in [2.24, 2.45) is 0 Å². The van der Waals surface area contributed by atoms with Crippen LogP contribution in [0.3, 0.4) is 0 Å². The molecular weight excluding hydrogens is 418 g/mol. The SMILES string of the molecule is CCN(C(=O)CSc1nnc(-c2ccc(OC)c(OC)c2)o1)C1CCS(=O)(=O)C1. The van der Waals surface area contributed by atoms with E-state index < -0.39 is 9.84 Å². The van der Waals surface area contributed by atoms with Gasteiger partial charge in [0.05, 0.1) is 31.5 Å². The lowest BCUT2D eigenvalue weighted by Crippen LogP contribution is -2.41. The van der Waals surface area contributed by atoms with Crippen molar-refractivity contribution >= 4 is 27.5 Å². The van der Waals surface area contributed by atoms with Gasteiger partial charge in [-0.15, -0.1) is 10.2 Å². The average Bonchev–Trinajstić information content (AvgIpc) is 3.32. The second kappa shape index (κ2) is 9.04. The minimum atomic E-state index is -3.05. The van der Waals surface area contributed by atoms with E-state index in [0.29, 0.717) is 35.9 Å². The predicted molar refractivity (Wildman–Crippen MR) is 108 cm³/mol. The van der Waals surface area contributed by atoms with Crippen LogP contribution in [0.4, 0.5) is 0 Å². The van der Waals surface area contributed by atoms with Crippen molar-refractivity contribution < 1.29 is 27.1 Å². The highest BCUT2D eigenvalue weighted by Crippen LogP contribution is 2.32. The van der Waals surface area contributed by atoms with Gasteiger partial charge in [0.15, 0.2) is 21.3 Å². The van der Waals surface area contributed by atoms with Crippen LogP contribution in [0.25, 0.3) is 11.5 Å². The van der Waals surface area contributed by atoms with E-state index in [9.17, 15) is 13.2 Å². The minimum absolute atomic E-state index is 0.0290. The van der Waals surface area contributed by atoms with E-state index in [0.717, 1.165) is 11.8 Å². The molecule has 1 unspecified atom stereocenters. The molecule has 3 rings (SSSR count). The highest BCUT2D eigenvalue weighted by Gasteiger charge is 2.33. The molecule has 1 saturated heterocycles. The van der Waals surface area contributed by atoms with E-state index in [1.807, 2.05) is 6.92 Å². The van der Waals surface area contributed by atoms with Crippen LogP contribution in [-0.4, -0.2) is 73.5 Å². The molecule has 1 amide bonds. The molecule has 1 atom stereocenters. The van der Waals surface area contributed by atoms with Crippen molar-refractivity contribution in [1.82, 2.24) is 15.1 Å². The summed E-state index contributed by atoms with van der Waals surface area (Å²) in [5, 5.41) is 8.26. The number of nitrogens with zero attached hydrogens (tertiary/aromatic N) is 3. The van der Waals surface area contributed by atoms with Crippen LogP contribution in [0.1, 0.15) is 13.3 Å². The fourth-order valence-electron chi connectivity index (χ4n) is 3.22. The van der Waals surface area contributed by atoms with E-state index in [1.165, 1.54) is 7.11 Å². The first-order valence-corrected chi connectivity index (χ1v) is 11.9. The molecule has 29 heavy (non-hydrogen) atoms. The number of hydrogen-bond donors (Lipinski definition) is 0. The van der Waals surface area contributed by atoms with Crippen LogP contribution >= 0.6 is 11.8 Å². The number of amides is 1. The molecule has 1 aromatic heterocycles. The van der Waals surface area contributed by atoms with E-state index in [-0.39, 0.29) is 34.4 Å². The molecule has 0 N–H and O–H groups in total. The summed E-state index contributed by atoms with van der Waals surface area (Å²) in [5.41, 5.74) is 0.666. The lowest BCUT2D eigenvalue weighted by Gasteiger charge is -2.26. The minimum Gasteiger partial charge on any atom is -0.493 e. The quantitative estimate of drug-likeness (QED) is 0.567. The van der Waals surface area contributed by atoms with E-state index >= 15 is 0 Å². The van der Waals surface area contributed by atoms with Gasteiger partial charge in [-0.2, -0.15) is 0 Å². The smallest absolute Gasteiger partial charge is 0.277 e. The first kappa shape index (κ1) is 21.4. The van der Waals surface area contributed by atoms with Crippen LogP contribution < -0.4 is 9.47 Å². The Morgan fingerprint density at radius 3 is 2.66 bits per heavy atom. The van der Waals surface area contributed by atoms with Gasteiger partial charge >= 0.3 is 0 Å². The largest absolute Gasteiger partial charge is 0.493 e. The van der Waals surface area contributed by atoms with Crippen LogP contribution in [-0.2, 0) is 14.6 Å². The fraction of sp³-hybridized carbons (Fsp3) is 0.500. The molecule has 2 aromatic rings. The second-order valence-corrected chi connectivity index (χ2v) is 9.62. The fourth-order valence-corrected chi connectivity index (χ4v) is 5.60. The maximum absolute atomic E-state index is 12.6. The standard InChI is InChI=1S/C18H23N3O6S2/c1-4-21(13-7-8-29(23,24)11-13)16(22)10-28-18-20-19-17(27-18)12-5-6-14(25-2)15(9-12)26-3/h5-6,9,13H,4,7-8,10-11H2,1-3H3. The predicted octanol–water partition coefficient (Wildman–Crippen LogP) is 1.88. The van der Waals surface area contributed by atoms with Gasteiger partial charge in [0.2, 0.25) is 11.8 Å². The van der Waals surface area contributed by atoms with Crippen molar-refractivity contribution in [2.75, 3.05) is 38.0 Å². The van der Waals surface area contributed by atoms with Gasteiger partial charge in [-0.3, -0.25) is 4.79 Å². The third-order valence-electron chi connectivity index (χ3n) is 4.67. The number of carbonyl (C=O) groups is 1. The average molecular weight is 442 g/mol. The van der Waals surface area contributed by atoms with Crippen LogP contribution in [0.15, 0.2) is 27.8 Å². The van der Waals surface area contributed by atoms with Crippen LogP contribution in [0, 0.1) is 0 Å². The second-order valence-electron chi connectivity index (χ2n) is 6.47. The number of thioether (sulfide) groups is 1. The molecule has 0 aliphatic carbocycles. The summed E-state index contributed by atoms with van der Waals surface area (Å²) in [7, 11) is 0.0411. The molecule has 1 fully saturated rings. The van der Waals surface area contributed by atoms with Gasteiger partial charge in [0.25, 0.3) is 5.22 Å². The number of hydrogen-bond acceptors (Lipinski definition) is 9. The van der Waals surface area contributed by atoms with Crippen molar-refractivity contribution in [3.8, 4) is 23.0 Å². The molecule has 0 bridgehead atoms. The molecule has 11 heteroatoms. The number of carbonyl (C=O) groups excluding carboxylic acids is 1. The Hall–Kier alpha value is -2.27. The van der Waals surface area contributed by atoms with Gasteiger partial charge in [0.1, 0.15) is 0 Å². The van der Waals surface area contributed by atoms with Crippen molar-refractivity contribution in [3.05, 3.63) is 18.2 Å². The Morgan fingerprint density at radius 1 is 1.28 bits per heavy atom. The normalized spacial score (nSPS) is 17.8. The number of rotatable bonds is 8. The number of aromatic nitrogens is 2. The van der Waals surface area contributed by atoms with Crippen molar-refractivity contribution in [2.45, 2.75) is 24.6 Å². The molecule has 2 heterocycles. The van der Waals surface area contributed by atoms with E-state index in [2.05, 4.69) is 10.2 Å². The lowest BCUT2D eigenvalue weighted by molar-refractivity contribution is -0.129. The molecule has 0 spiro atoms. The summed E-state index contributed by atoms with van der Waals surface area (Å²) < 4.78 is 39.5. The Balaban J connectivity index is 1.63. The zero-order valence-electron chi connectivity index (χ0n) is 16.5. The Bertz CT molecular complexity index is 976. The lowest BCUT2D eigenvalue weighted by atomic mass is 10.2. The number of sulfone groups is 1. The molecule has 158 valence electrons. The third-order valence-corrected chi connectivity index (χ3v) is 7.22. The van der Waals surface area contributed by atoms with Crippen molar-refractivity contribution in [1.29, 1.82) is 0 Å². The molecule has 0 radical (unpaired) electrons. The summed E-state index contributed by atoms with van der Waals surface area (Å²) in [5.74, 6) is 1.54. The van der Waals surface area contributed by atoms with Gasteiger partial charge in [-0.05, 0) is 31.5 Å². The highest BCUT2D eigenvalue weighted by molar-refractivity contribution is 7.99. The molecule has 1 aliphatic heterocycles. The molecule has 1 aliphatic rings. The Morgan fingerprint density at radius 2 is 2.03 bits per heavy atom. The summed E-state index contributed by atoms with van der Waals surface area (Å²) in [4.78, 5) is 14.2. The summed E-state index contributed by atoms with van der Waals surface area (Å²) in [6.07, 6.45) is 0.483. The third kappa shape index (κ3) is 5.02. The van der Waals surface area contributed by atoms with Gasteiger partial charge in [-0.1, -0.05) is 11.8 Å². The molecule has 1 aromatic carbocycles. The number of methoxy groups -OCH3 is 2. The van der Waals surface area contributed by atoms with Crippen LogP contribution in [0.2, 0.25) is 0 Å². The Labute approximate surface area is 173 Å². The van der Waals surface area contributed by atoms with Crippen LogP contribution in [0.5, 0.6) is 11.5 Å².